The molecule has 3 N–H and O–H groups in total. The molecule has 1 aromatic rings. The minimum absolute atomic E-state index is 0.189. The number of nitrogens with two attached hydrogens (primary N) is 1. The zero-order valence-corrected chi connectivity index (χ0v) is 7.88. The third-order valence-electron chi connectivity index (χ3n) is 1.17. The lowest BCUT2D eigenvalue weighted by Gasteiger charge is -2.06. The monoisotopic (exact) mass is 253 g/mol. The molecule has 13 heavy (non-hydrogen) atoms. The van der Waals surface area contributed by atoms with Crippen molar-refractivity contribution in [2.24, 2.45) is 5.84 Å². The Bertz CT molecular complexity index is 297. The Hall–Kier alpha value is -0.950. The van der Waals surface area contributed by atoms with E-state index in [4.69, 9.17) is 5.84 Å². The molecule has 0 atom stereocenters. The second kappa shape index (κ2) is 4.33. The first-order chi connectivity index (χ1) is 6.13. The van der Waals surface area contributed by atoms with E-state index in [2.05, 4.69) is 31.1 Å². The van der Waals surface area contributed by atoms with Crippen LogP contribution in [0.3, 0.4) is 0 Å². The number of nitrogens with one attached hydrogen (secondary N) is 1. The second-order valence-corrected chi connectivity index (χ2v) is 2.86. The lowest BCUT2D eigenvalue weighted by molar-refractivity contribution is -0.0527. The van der Waals surface area contributed by atoms with Crippen LogP contribution in [0.25, 0.3) is 0 Å². The highest BCUT2D eigenvalue weighted by Crippen LogP contribution is 2.22. The van der Waals surface area contributed by atoms with E-state index in [-0.39, 0.29) is 11.7 Å². The number of hydrogen-bond acceptors (Lipinski definition) is 4. The van der Waals surface area contributed by atoms with Crippen LogP contribution < -0.4 is 16.0 Å². The van der Waals surface area contributed by atoms with Gasteiger partial charge in [-0.25, -0.2) is 5.84 Å². The van der Waals surface area contributed by atoms with Gasteiger partial charge in [-0.1, -0.05) is 0 Å². The van der Waals surface area contributed by atoms with Gasteiger partial charge in [0.2, 0.25) is 5.88 Å². The average molecular weight is 254 g/mol. The number of ether oxygens (including phenoxy) is 1. The summed E-state index contributed by atoms with van der Waals surface area (Å²) in [4.78, 5) is 3.65. The molecule has 0 aromatic carbocycles. The summed E-state index contributed by atoms with van der Waals surface area (Å²) in [7, 11) is 0. The van der Waals surface area contributed by atoms with Crippen molar-refractivity contribution < 1.29 is 13.5 Å². The summed E-state index contributed by atoms with van der Waals surface area (Å²) in [5.74, 6) is 5.11. The maximum absolute atomic E-state index is 11.7. The first-order valence-electron chi connectivity index (χ1n) is 3.21. The maximum Gasteiger partial charge on any atom is 0.388 e. The van der Waals surface area contributed by atoms with Crippen LogP contribution in [0.4, 0.5) is 14.6 Å². The van der Waals surface area contributed by atoms with E-state index in [1.54, 1.807) is 0 Å². The van der Waals surface area contributed by atoms with Gasteiger partial charge in [-0.2, -0.15) is 13.8 Å². The molecule has 0 aliphatic rings. The van der Waals surface area contributed by atoms with E-state index < -0.39 is 6.61 Å². The minimum atomic E-state index is -2.89. The number of aromatic nitrogens is 1. The molecule has 4 nitrogen and oxygen atoms in total. The van der Waals surface area contributed by atoms with Crippen LogP contribution in [-0.2, 0) is 0 Å². The molecule has 0 saturated carbocycles. The van der Waals surface area contributed by atoms with E-state index in [1.165, 1.54) is 12.1 Å². The van der Waals surface area contributed by atoms with Gasteiger partial charge in [0.05, 0.1) is 4.47 Å². The van der Waals surface area contributed by atoms with E-state index in [0.717, 1.165) is 0 Å². The van der Waals surface area contributed by atoms with Crippen LogP contribution in [-0.4, -0.2) is 11.6 Å². The van der Waals surface area contributed by atoms with Crippen molar-refractivity contribution in [2.75, 3.05) is 5.43 Å². The molecule has 1 aromatic heterocycles. The maximum atomic E-state index is 11.7. The number of pyridine rings is 1. The molecule has 0 saturated heterocycles. The van der Waals surface area contributed by atoms with Gasteiger partial charge in [0.1, 0.15) is 0 Å². The van der Waals surface area contributed by atoms with Crippen molar-refractivity contribution in [1.29, 1.82) is 0 Å². The largest absolute Gasteiger partial charge is 0.417 e. The molecule has 1 heterocycles. The number of halogens is 3. The van der Waals surface area contributed by atoms with Crippen LogP contribution in [0.2, 0.25) is 0 Å². The van der Waals surface area contributed by atoms with Gasteiger partial charge in [-0.3, -0.25) is 0 Å². The van der Waals surface area contributed by atoms with Crippen LogP contribution >= 0.6 is 15.9 Å². The normalized spacial score (nSPS) is 10.2. The third-order valence-corrected chi connectivity index (χ3v) is 1.81. The van der Waals surface area contributed by atoms with Gasteiger partial charge in [0.25, 0.3) is 0 Å². The van der Waals surface area contributed by atoms with Crippen molar-refractivity contribution in [3.05, 3.63) is 16.6 Å². The fourth-order valence-electron chi connectivity index (χ4n) is 0.682. The summed E-state index contributed by atoms with van der Waals surface area (Å²) in [6.07, 6.45) is 0. The van der Waals surface area contributed by atoms with Crippen LogP contribution in [0.1, 0.15) is 0 Å². The molecule has 0 aliphatic carbocycles. The molecular weight excluding hydrogens is 248 g/mol. The van der Waals surface area contributed by atoms with Gasteiger partial charge in [0, 0.05) is 6.07 Å². The molecule has 0 aliphatic heterocycles. The quantitative estimate of drug-likeness (QED) is 0.637. The molecule has 1 rings (SSSR count). The zero-order valence-electron chi connectivity index (χ0n) is 6.30. The summed E-state index contributed by atoms with van der Waals surface area (Å²) in [5, 5.41) is 0. The fraction of sp³-hybridized carbons (Fsp3) is 0.167. The molecule has 0 amide bonds. The molecule has 0 fully saturated rings. The Balaban J connectivity index is 2.86. The minimum Gasteiger partial charge on any atom is -0.417 e. The van der Waals surface area contributed by atoms with Crippen molar-refractivity contribution in [1.82, 2.24) is 4.98 Å². The lowest BCUT2D eigenvalue weighted by atomic mass is 10.4. The highest BCUT2D eigenvalue weighted by molar-refractivity contribution is 9.10. The van der Waals surface area contributed by atoms with E-state index >= 15 is 0 Å². The van der Waals surface area contributed by atoms with Crippen LogP contribution in [0.5, 0.6) is 5.88 Å². The van der Waals surface area contributed by atoms with Crippen molar-refractivity contribution in [3.8, 4) is 5.88 Å². The Morgan fingerprint density at radius 3 is 2.77 bits per heavy atom. The highest BCUT2D eigenvalue weighted by atomic mass is 79.9. The number of hydrogen-bond donors (Lipinski definition) is 2. The predicted octanol–water partition coefficient (Wildman–Crippen LogP) is 1.73. The molecule has 7 heteroatoms. The molecule has 0 unspecified atom stereocenters. The average Bonchev–Trinajstić information content (AvgIpc) is 2.07. The first-order valence-corrected chi connectivity index (χ1v) is 4.00. The number of alkyl halides is 2. The van der Waals surface area contributed by atoms with Gasteiger partial charge >= 0.3 is 6.61 Å². The van der Waals surface area contributed by atoms with Crippen molar-refractivity contribution in [3.63, 3.8) is 0 Å². The summed E-state index contributed by atoms with van der Waals surface area (Å²) in [6, 6.07) is 2.80. The van der Waals surface area contributed by atoms with Gasteiger partial charge < -0.3 is 10.2 Å². The molecule has 72 valence electrons. The smallest absolute Gasteiger partial charge is 0.388 e. The summed E-state index contributed by atoms with van der Waals surface area (Å²) in [5.41, 5.74) is 2.23. The Morgan fingerprint density at radius 2 is 2.23 bits per heavy atom. The molecule has 0 bridgehead atoms. The van der Waals surface area contributed by atoms with Gasteiger partial charge in [-0.15, -0.1) is 0 Å². The number of nitrogen functional groups attached to an aromatic ring is 1. The Labute approximate surface area is 81.2 Å². The van der Waals surface area contributed by atoms with Gasteiger partial charge in [-0.05, 0) is 22.0 Å². The zero-order chi connectivity index (χ0) is 9.84. The topological polar surface area (TPSA) is 60.2 Å². The second-order valence-electron chi connectivity index (χ2n) is 2.00. The Kier molecular flexibility index (Phi) is 3.38. The van der Waals surface area contributed by atoms with E-state index in [0.29, 0.717) is 4.47 Å². The van der Waals surface area contributed by atoms with Crippen LogP contribution in [0.15, 0.2) is 16.6 Å². The molecule has 0 radical (unpaired) electrons. The van der Waals surface area contributed by atoms with Crippen LogP contribution in [0, 0.1) is 0 Å². The number of anilines is 1. The lowest BCUT2D eigenvalue weighted by Crippen LogP contribution is -2.11. The van der Waals surface area contributed by atoms with E-state index in [9.17, 15) is 8.78 Å². The summed E-state index contributed by atoms with van der Waals surface area (Å²) in [6.45, 7) is -2.89. The predicted molar refractivity (Wildman–Crippen MR) is 46.4 cm³/mol. The van der Waals surface area contributed by atoms with E-state index in [1.807, 2.05) is 0 Å². The number of hydrazine groups is 1. The van der Waals surface area contributed by atoms with Gasteiger partial charge in [0.15, 0.2) is 5.82 Å². The fourth-order valence-corrected chi connectivity index (χ4v) is 1.02. The third kappa shape index (κ3) is 2.78. The number of rotatable bonds is 3. The first kappa shape index (κ1) is 10.1. The summed E-state index contributed by atoms with van der Waals surface area (Å²) < 4.78 is 28.1. The SMILES string of the molecule is NNc1nc(OC(F)F)ccc1Br. The van der Waals surface area contributed by atoms with Crippen molar-refractivity contribution >= 4 is 21.7 Å². The molecule has 0 spiro atoms. The van der Waals surface area contributed by atoms with Crippen molar-refractivity contribution in [2.45, 2.75) is 6.61 Å². The molecular formula is C6H6BrF2N3O. The highest BCUT2D eigenvalue weighted by Gasteiger charge is 2.07. The number of nitrogens with zero attached hydrogens (tertiary/aromatic N) is 1. The Morgan fingerprint density at radius 1 is 1.54 bits per heavy atom. The standard InChI is InChI=1S/C6H6BrF2N3O/c7-3-1-2-4(13-6(8)9)11-5(3)12-10/h1-2,6H,10H2,(H,11,12). The summed E-state index contributed by atoms with van der Waals surface area (Å²) >= 11 is 3.11.